The first-order chi connectivity index (χ1) is 15.9. The van der Waals surface area contributed by atoms with Crippen LogP contribution in [0, 0.1) is 0 Å². The van der Waals surface area contributed by atoms with E-state index in [-0.39, 0.29) is 5.69 Å². The van der Waals surface area contributed by atoms with Crippen molar-refractivity contribution in [3.63, 3.8) is 0 Å². The molecule has 3 heterocycles. The molecule has 1 aliphatic rings. The SMILES string of the molecule is O=C(Nc1ccccc1C(F)(F)F)Nc1cccc2c1CCN2Cc1ccnc2[nH]ccc12. The predicted molar refractivity (Wildman–Crippen MR) is 121 cm³/mol. The summed E-state index contributed by atoms with van der Waals surface area (Å²) >= 11 is 0. The topological polar surface area (TPSA) is 73.1 Å². The number of anilines is 3. The number of alkyl halides is 3. The molecule has 1 aliphatic heterocycles. The van der Waals surface area contributed by atoms with Gasteiger partial charge in [-0.2, -0.15) is 13.2 Å². The number of benzene rings is 2. The van der Waals surface area contributed by atoms with E-state index in [0.717, 1.165) is 40.5 Å². The van der Waals surface area contributed by atoms with Crippen molar-refractivity contribution in [3.05, 3.63) is 83.7 Å². The lowest BCUT2D eigenvalue weighted by Crippen LogP contribution is -2.22. The number of nitrogens with one attached hydrogen (secondary N) is 3. The highest BCUT2D eigenvalue weighted by Crippen LogP contribution is 2.36. The Morgan fingerprint density at radius 2 is 1.82 bits per heavy atom. The van der Waals surface area contributed by atoms with Crippen LogP contribution in [-0.2, 0) is 19.1 Å². The number of pyridine rings is 1. The second-order valence-electron chi connectivity index (χ2n) is 7.81. The highest BCUT2D eigenvalue weighted by molar-refractivity contribution is 6.01. The normalized spacial score (nSPS) is 13.2. The number of nitrogens with zero attached hydrogens (tertiary/aromatic N) is 2. The molecule has 9 heteroatoms. The molecule has 0 atom stereocenters. The molecule has 33 heavy (non-hydrogen) atoms. The minimum absolute atomic E-state index is 0.287. The lowest BCUT2D eigenvalue weighted by Gasteiger charge is -2.20. The number of aromatic nitrogens is 2. The molecular weight excluding hydrogens is 431 g/mol. The number of fused-ring (bicyclic) bond motifs is 2. The molecule has 0 saturated heterocycles. The summed E-state index contributed by atoms with van der Waals surface area (Å²) in [5, 5.41) is 6.11. The van der Waals surface area contributed by atoms with Crippen molar-refractivity contribution < 1.29 is 18.0 Å². The first-order valence-corrected chi connectivity index (χ1v) is 10.4. The Morgan fingerprint density at radius 1 is 1.03 bits per heavy atom. The third-order valence-electron chi connectivity index (χ3n) is 5.76. The molecule has 3 N–H and O–H groups in total. The highest BCUT2D eigenvalue weighted by atomic mass is 19.4. The number of hydrogen-bond acceptors (Lipinski definition) is 3. The van der Waals surface area contributed by atoms with Crippen LogP contribution in [0.1, 0.15) is 16.7 Å². The number of para-hydroxylation sites is 1. The van der Waals surface area contributed by atoms with Crippen LogP contribution in [0.3, 0.4) is 0 Å². The van der Waals surface area contributed by atoms with Gasteiger partial charge in [-0.25, -0.2) is 9.78 Å². The van der Waals surface area contributed by atoms with Crippen LogP contribution < -0.4 is 15.5 Å². The zero-order valence-corrected chi connectivity index (χ0v) is 17.4. The molecule has 0 aliphatic carbocycles. The molecule has 0 spiro atoms. The Hall–Kier alpha value is -4.01. The van der Waals surface area contributed by atoms with Gasteiger partial charge in [-0.05, 0) is 48.4 Å². The van der Waals surface area contributed by atoms with E-state index < -0.39 is 17.8 Å². The maximum absolute atomic E-state index is 13.2. The molecule has 4 aromatic rings. The molecule has 0 unspecified atom stereocenters. The van der Waals surface area contributed by atoms with Crippen LogP contribution in [0.4, 0.5) is 35.0 Å². The van der Waals surface area contributed by atoms with Gasteiger partial charge in [0.05, 0.1) is 11.3 Å². The van der Waals surface area contributed by atoms with Gasteiger partial charge in [0.25, 0.3) is 0 Å². The molecule has 168 valence electrons. The van der Waals surface area contributed by atoms with Crippen LogP contribution in [0.5, 0.6) is 0 Å². The van der Waals surface area contributed by atoms with Crippen LogP contribution in [0.25, 0.3) is 11.0 Å². The van der Waals surface area contributed by atoms with E-state index in [1.807, 2.05) is 30.5 Å². The quantitative estimate of drug-likeness (QED) is 0.368. The highest BCUT2D eigenvalue weighted by Gasteiger charge is 2.33. The average molecular weight is 451 g/mol. The summed E-state index contributed by atoms with van der Waals surface area (Å²) in [6.45, 7) is 1.44. The molecule has 5 rings (SSSR count). The third kappa shape index (κ3) is 4.09. The van der Waals surface area contributed by atoms with E-state index in [0.29, 0.717) is 18.7 Å². The third-order valence-corrected chi connectivity index (χ3v) is 5.76. The first-order valence-electron chi connectivity index (χ1n) is 10.4. The molecule has 0 radical (unpaired) electrons. The molecule has 2 aromatic carbocycles. The van der Waals surface area contributed by atoms with Crippen LogP contribution in [-0.4, -0.2) is 22.5 Å². The van der Waals surface area contributed by atoms with Gasteiger partial charge in [0.15, 0.2) is 0 Å². The number of carbonyl (C=O) groups is 1. The Balaban J connectivity index is 1.35. The number of H-pyrrole nitrogens is 1. The van der Waals surface area contributed by atoms with Crippen molar-refractivity contribution in [3.8, 4) is 0 Å². The maximum Gasteiger partial charge on any atom is 0.418 e. The zero-order chi connectivity index (χ0) is 23.0. The maximum atomic E-state index is 13.2. The van der Waals surface area contributed by atoms with Crippen molar-refractivity contribution in [1.29, 1.82) is 0 Å². The van der Waals surface area contributed by atoms with Crippen LogP contribution in [0.15, 0.2) is 67.0 Å². The minimum Gasteiger partial charge on any atom is -0.367 e. The Labute approximate surface area is 187 Å². The van der Waals surface area contributed by atoms with Crippen molar-refractivity contribution in [2.45, 2.75) is 19.1 Å². The fourth-order valence-electron chi connectivity index (χ4n) is 4.26. The van der Waals surface area contributed by atoms with Gasteiger partial charge >= 0.3 is 12.2 Å². The summed E-state index contributed by atoms with van der Waals surface area (Å²) in [6.07, 6.45) is -0.217. The van der Waals surface area contributed by atoms with E-state index in [9.17, 15) is 18.0 Å². The molecular formula is C24H20F3N5O. The summed E-state index contributed by atoms with van der Waals surface area (Å²) in [5.41, 5.74) is 3.31. The zero-order valence-electron chi connectivity index (χ0n) is 17.4. The predicted octanol–water partition coefficient (Wildman–Crippen LogP) is 5.79. The van der Waals surface area contributed by atoms with Gasteiger partial charge in [0.1, 0.15) is 5.65 Å². The van der Waals surface area contributed by atoms with Gasteiger partial charge in [0.2, 0.25) is 0 Å². The molecule has 2 aromatic heterocycles. The van der Waals surface area contributed by atoms with E-state index in [4.69, 9.17) is 0 Å². The molecule has 6 nitrogen and oxygen atoms in total. The number of urea groups is 1. The Bertz CT molecular complexity index is 1330. The first kappa shape index (κ1) is 20.9. The van der Waals surface area contributed by atoms with E-state index in [2.05, 4.69) is 25.5 Å². The average Bonchev–Trinajstić information content (AvgIpc) is 3.42. The fourth-order valence-corrected chi connectivity index (χ4v) is 4.26. The second kappa shape index (κ2) is 8.16. The fraction of sp³-hybridized carbons (Fsp3) is 0.167. The number of carbonyl (C=O) groups excluding carboxylic acids is 1. The number of halogens is 3. The lowest BCUT2D eigenvalue weighted by molar-refractivity contribution is -0.136. The van der Waals surface area contributed by atoms with Crippen molar-refractivity contribution in [1.82, 2.24) is 9.97 Å². The Morgan fingerprint density at radius 3 is 2.67 bits per heavy atom. The summed E-state index contributed by atoms with van der Waals surface area (Å²) < 4.78 is 39.7. The summed E-state index contributed by atoms with van der Waals surface area (Å²) in [4.78, 5) is 22.2. The second-order valence-corrected chi connectivity index (χ2v) is 7.81. The molecule has 2 amide bonds. The van der Waals surface area contributed by atoms with Crippen molar-refractivity contribution >= 4 is 34.1 Å². The molecule has 0 bridgehead atoms. The molecule has 0 fully saturated rings. The summed E-state index contributed by atoms with van der Waals surface area (Å²) in [7, 11) is 0. The monoisotopic (exact) mass is 451 g/mol. The van der Waals surface area contributed by atoms with Gasteiger partial charge in [0, 0.05) is 47.8 Å². The number of rotatable bonds is 4. The number of hydrogen-bond donors (Lipinski definition) is 3. The van der Waals surface area contributed by atoms with E-state index >= 15 is 0 Å². The van der Waals surface area contributed by atoms with Crippen LogP contribution >= 0.6 is 0 Å². The standard InChI is InChI=1S/C24H20F3N5O/c25-24(26,27)18-4-1-2-5-20(18)31-23(33)30-19-6-3-7-21-17(19)10-13-32(21)14-15-8-11-28-22-16(15)9-12-29-22/h1-9,11-12H,10,13-14H2,(H,28,29)(H2,30,31,33). The van der Waals surface area contributed by atoms with E-state index in [1.165, 1.54) is 18.2 Å². The van der Waals surface area contributed by atoms with Gasteiger partial charge < -0.3 is 20.5 Å². The smallest absolute Gasteiger partial charge is 0.367 e. The molecule has 0 saturated carbocycles. The lowest BCUT2D eigenvalue weighted by atomic mass is 10.1. The summed E-state index contributed by atoms with van der Waals surface area (Å²) in [5.74, 6) is 0. The van der Waals surface area contributed by atoms with Gasteiger partial charge in [-0.1, -0.05) is 18.2 Å². The van der Waals surface area contributed by atoms with E-state index in [1.54, 1.807) is 12.3 Å². The Kier molecular flexibility index (Phi) is 5.16. The number of amides is 2. The summed E-state index contributed by atoms with van der Waals surface area (Å²) in [6, 6.07) is 13.7. The van der Waals surface area contributed by atoms with Crippen molar-refractivity contribution in [2.24, 2.45) is 0 Å². The van der Waals surface area contributed by atoms with Gasteiger partial charge in [-0.15, -0.1) is 0 Å². The minimum atomic E-state index is -4.56. The van der Waals surface area contributed by atoms with Crippen molar-refractivity contribution in [2.75, 3.05) is 22.1 Å². The van der Waals surface area contributed by atoms with Gasteiger partial charge in [-0.3, -0.25) is 0 Å². The van der Waals surface area contributed by atoms with Crippen LogP contribution in [0.2, 0.25) is 0 Å². The number of aromatic amines is 1. The largest absolute Gasteiger partial charge is 0.418 e.